The predicted octanol–water partition coefficient (Wildman–Crippen LogP) is 3.93. The Balaban J connectivity index is 1.64. The first-order valence-corrected chi connectivity index (χ1v) is 7.30. The van der Waals surface area contributed by atoms with Crippen molar-refractivity contribution in [2.24, 2.45) is 17.8 Å². The van der Waals surface area contributed by atoms with Crippen molar-refractivity contribution in [1.29, 1.82) is 0 Å². The van der Waals surface area contributed by atoms with Crippen molar-refractivity contribution in [2.75, 3.05) is 5.32 Å². The van der Waals surface area contributed by atoms with E-state index in [0.29, 0.717) is 11.8 Å². The topological polar surface area (TPSA) is 29.1 Å². The number of carbonyl (C=O) groups excluding carboxylic acids is 1. The summed E-state index contributed by atoms with van der Waals surface area (Å²) in [6, 6.07) is 8.03. The summed E-state index contributed by atoms with van der Waals surface area (Å²) in [6.07, 6.45) is 9.45. The van der Waals surface area contributed by atoms with Crippen molar-refractivity contribution in [3.63, 3.8) is 0 Å². The van der Waals surface area contributed by atoms with E-state index in [1.807, 2.05) is 24.3 Å². The third-order valence-electron chi connectivity index (χ3n) is 4.37. The van der Waals surface area contributed by atoms with Crippen molar-refractivity contribution in [2.45, 2.75) is 32.6 Å². The molecule has 1 aromatic carbocycles. The molecule has 3 atom stereocenters. The molecule has 1 N–H and O–H groups in total. The molecule has 19 heavy (non-hydrogen) atoms. The number of aryl methyl sites for hydroxylation is 1. The predicted molar refractivity (Wildman–Crippen MR) is 77.9 cm³/mol. The largest absolute Gasteiger partial charge is 0.326 e. The van der Waals surface area contributed by atoms with E-state index in [1.54, 1.807) is 0 Å². The number of fused-ring (bicyclic) bond motifs is 1. The van der Waals surface area contributed by atoms with Gasteiger partial charge in [0.05, 0.1) is 0 Å². The van der Waals surface area contributed by atoms with Gasteiger partial charge in [0.2, 0.25) is 5.91 Å². The maximum Gasteiger partial charge on any atom is 0.228 e. The normalized spacial score (nSPS) is 29.0. The van der Waals surface area contributed by atoms with Crippen LogP contribution in [-0.4, -0.2) is 5.91 Å². The molecule has 3 rings (SSSR count). The lowest BCUT2D eigenvalue weighted by atomic mass is 10.1. The zero-order valence-electron chi connectivity index (χ0n) is 11.4. The minimum Gasteiger partial charge on any atom is -0.326 e. The van der Waals surface area contributed by atoms with E-state index < -0.39 is 0 Å². The second-order valence-electron chi connectivity index (χ2n) is 5.83. The molecular weight excluding hydrogens is 234 g/mol. The zero-order chi connectivity index (χ0) is 13.2. The van der Waals surface area contributed by atoms with Crippen molar-refractivity contribution < 1.29 is 4.79 Å². The molecule has 1 amide bonds. The van der Waals surface area contributed by atoms with Gasteiger partial charge in [0.15, 0.2) is 0 Å². The van der Waals surface area contributed by atoms with Gasteiger partial charge in [0.25, 0.3) is 0 Å². The van der Waals surface area contributed by atoms with Gasteiger partial charge < -0.3 is 5.32 Å². The Morgan fingerprint density at radius 1 is 1.21 bits per heavy atom. The average molecular weight is 255 g/mol. The Bertz CT molecular complexity index is 488. The van der Waals surface area contributed by atoms with Crippen molar-refractivity contribution in [1.82, 2.24) is 0 Å². The molecule has 2 aliphatic carbocycles. The minimum absolute atomic E-state index is 0.199. The molecule has 0 spiro atoms. The number of rotatable bonds is 2. The number of hydrogen-bond donors (Lipinski definition) is 1. The van der Waals surface area contributed by atoms with Crippen LogP contribution in [0.5, 0.6) is 0 Å². The molecule has 0 bridgehead atoms. The van der Waals surface area contributed by atoms with E-state index in [0.717, 1.165) is 5.69 Å². The van der Waals surface area contributed by atoms with Crippen molar-refractivity contribution in [3.8, 4) is 0 Å². The fraction of sp³-hybridized carbons (Fsp3) is 0.471. The van der Waals surface area contributed by atoms with Gasteiger partial charge in [-0.2, -0.15) is 0 Å². The van der Waals surface area contributed by atoms with Crippen molar-refractivity contribution in [3.05, 3.63) is 42.0 Å². The van der Waals surface area contributed by atoms with Gasteiger partial charge in [-0.1, -0.05) is 36.3 Å². The molecule has 0 unspecified atom stereocenters. The van der Waals surface area contributed by atoms with Gasteiger partial charge >= 0.3 is 0 Å². The number of benzene rings is 1. The van der Waals surface area contributed by atoms with E-state index in [1.165, 1.54) is 31.2 Å². The minimum atomic E-state index is 0.199. The second-order valence-corrected chi connectivity index (χ2v) is 5.83. The molecule has 2 nitrogen and oxygen atoms in total. The lowest BCUT2D eigenvalue weighted by Gasteiger charge is -2.05. The standard InChI is InChI=1S/C17H21NO/c1-12-8-10-13(11-9-12)18-17(19)16-14-6-4-2-3-5-7-15(14)16/h4,6,8-11,14-16H,2-3,5,7H2,1H3,(H,18,19)/t14-,15+,16+/m0/s1. The Labute approximate surface area is 114 Å². The van der Waals surface area contributed by atoms with Gasteiger partial charge in [0, 0.05) is 11.6 Å². The van der Waals surface area contributed by atoms with Crippen LogP contribution in [0.15, 0.2) is 36.4 Å². The summed E-state index contributed by atoms with van der Waals surface area (Å²) >= 11 is 0. The van der Waals surface area contributed by atoms with E-state index in [9.17, 15) is 4.79 Å². The molecule has 1 fully saturated rings. The lowest BCUT2D eigenvalue weighted by molar-refractivity contribution is -0.117. The first-order valence-electron chi connectivity index (χ1n) is 7.30. The van der Waals surface area contributed by atoms with E-state index in [2.05, 4.69) is 24.4 Å². The number of amides is 1. The van der Waals surface area contributed by atoms with Crippen molar-refractivity contribution >= 4 is 11.6 Å². The van der Waals surface area contributed by atoms with Crippen LogP contribution >= 0.6 is 0 Å². The highest BCUT2D eigenvalue weighted by molar-refractivity contribution is 5.95. The molecule has 2 aliphatic rings. The Morgan fingerprint density at radius 3 is 2.79 bits per heavy atom. The van der Waals surface area contributed by atoms with Crippen LogP contribution in [0, 0.1) is 24.7 Å². The van der Waals surface area contributed by atoms with Crippen LogP contribution in [0.2, 0.25) is 0 Å². The quantitative estimate of drug-likeness (QED) is 0.797. The highest BCUT2D eigenvalue weighted by Gasteiger charge is 2.52. The molecular formula is C17H21NO. The molecule has 0 aromatic heterocycles. The van der Waals surface area contributed by atoms with Crippen LogP contribution in [0.3, 0.4) is 0 Å². The van der Waals surface area contributed by atoms with Gasteiger partial charge in [-0.25, -0.2) is 0 Å². The van der Waals surface area contributed by atoms with Gasteiger partial charge in [-0.3, -0.25) is 4.79 Å². The average Bonchev–Trinajstić information content (AvgIpc) is 3.03. The Hall–Kier alpha value is -1.57. The lowest BCUT2D eigenvalue weighted by Crippen LogP contribution is -2.15. The van der Waals surface area contributed by atoms with Crippen LogP contribution < -0.4 is 5.32 Å². The molecule has 0 heterocycles. The SMILES string of the molecule is Cc1ccc(NC(=O)[C@@H]2[C@H]3C=CCCCC[C@H]32)cc1. The number of anilines is 1. The van der Waals surface area contributed by atoms with Crippen LogP contribution in [0.25, 0.3) is 0 Å². The molecule has 0 saturated heterocycles. The molecule has 0 aliphatic heterocycles. The van der Waals surface area contributed by atoms with Crippen LogP contribution in [0.4, 0.5) is 5.69 Å². The molecule has 2 heteroatoms. The van der Waals surface area contributed by atoms with Gasteiger partial charge in [0.1, 0.15) is 0 Å². The molecule has 0 radical (unpaired) electrons. The summed E-state index contributed by atoms with van der Waals surface area (Å²) in [5.41, 5.74) is 2.13. The molecule has 100 valence electrons. The highest BCUT2D eigenvalue weighted by Crippen LogP contribution is 2.51. The summed E-state index contributed by atoms with van der Waals surface area (Å²) in [5.74, 6) is 1.48. The first kappa shape index (κ1) is 12.5. The zero-order valence-corrected chi connectivity index (χ0v) is 11.4. The van der Waals surface area contributed by atoms with E-state index >= 15 is 0 Å². The van der Waals surface area contributed by atoms with E-state index in [4.69, 9.17) is 0 Å². The summed E-state index contributed by atoms with van der Waals surface area (Å²) in [4.78, 5) is 12.3. The summed E-state index contributed by atoms with van der Waals surface area (Å²) in [5, 5.41) is 3.06. The summed E-state index contributed by atoms with van der Waals surface area (Å²) in [7, 11) is 0. The number of nitrogens with one attached hydrogen (secondary N) is 1. The van der Waals surface area contributed by atoms with Gasteiger partial charge in [-0.05, 0) is 50.2 Å². The third kappa shape index (κ3) is 2.73. The fourth-order valence-electron chi connectivity index (χ4n) is 3.16. The van der Waals surface area contributed by atoms with Crippen LogP contribution in [0.1, 0.15) is 31.2 Å². The highest BCUT2D eigenvalue weighted by atomic mass is 16.2. The van der Waals surface area contributed by atoms with E-state index in [-0.39, 0.29) is 11.8 Å². The molecule has 1 aromatic rings. The Morgan fingerprint density at radius 2 is 2.00 bits per heavy atom. The number of carbonyl (C=O) groups is 1. The fourth-order valence-corrected chi connectivity index (χ4v) is 3.16. The maximum atomic E-state index is 12.3. The second kappa shape index (κ2) is 5.20. The number of allylic oxidation sites excluding steroid dienone is 2. The maximum absolute atomic E-state index is 12.3. The first-order chi connectivity index (χ1) is 9.25. The monoisotopic (exact) mass is 255 g/mol. The molecule has 1 saturated carbocycles. The Kier molecular flexibility index (Phi) is 3.41. The number of hydrogen-bond acceptors (Lipinski definition) is 1. The van der Waals surface area contributed by atoms with Gasteiger partial charge in [-0.15, -0.1) is 0 Å². The smallest absolute Gasteiger partial charge is 0.228 e. The third-order valence-corrected chi connectivity index (χ3v) is 4.37. The van der Waals surface area contributed by atoms with Crippen LogP contribution in [-0.2, 0) is 4.79 Å². The summed E-state index contributed by atoms with van der Waals surface area (Å²) < 4.78 is 0. The summed E-state index contributed by atoms with van der Waals surface area (Å²) in [6.45, 7) is 2.05.